The molecule has 1 rings (SSSR count). The number of thiocarbonyl (C=S) groups is 1. The van der Waals surface area contributed by atoms with E-state index in [1.165, 1.54) is 0 Å². The monoisotopic (exact) mass is 167 g/mol. The number of nitrogens with one attached hydrogen (secondary N) is 1. The lowest BCUT2D eigenvalue weighted by molar-refractivity contribution is 0.474. The molecular weight excluding hydrogens is 158 g/mol. The van der Waals surface area contributed by atoms with E-state index in [1.807, 2.05) is 6.07 Å². The molecule has 0 heterocycles. The van der Waals surface area contributed by atoms with E-state index in [9.17, 15) is 5.11 Å². The molecule has 3 heteroatoms. The van der Waals surface area contributed by atoms with Gasteiger partial charge in [-0.2, -0.15) is 0 Å². The van der Waals surface area contributed by atoms with Crippen LogP contribution in [0, 0.1) is 0 Å². The van der Waals surface area contributed by atoms with Crippen molar-refractivity contribution in [2.24, 2.45) is 0 Å². The number of phenolic OH excluding ortho intramolecular Hbond substituents is 1. The molecular formula is C8H9NOS. The number of para-hydroxylation sites is 1. The Morgan fingerprint density at radius 2 is 2.09 bits per heavy atom. The maximum Gasteiger partial charge on any atom is 0.125 e. The zero-order valence-electron chi connectivity index (χ0n) is 6.16. The smallest absolute Gasteiger partial charge is 0.125 e. The van der Waals surface area contributed by atoms with Crippen molar-refractivity contribution in [1.29, 1.82) is 0 Å². The van der Waals surface area contributed by atoms with Gasteiger partial charge in [0.15, 0.2) is 0 Å². The second kappa shape index (κ2) is 3.34. The van der Waals surface area contributed by atoms with Crippen molar-refractivity contribution in [1.82, 2.24) is 5.32 Å². The van der Waals surface area contributed by atoms with Gasteiger partial charge in [0.25, 0.3) is 0 Å². The Balaban J connectivity index is 3.03. The number of aromatic hydroxyl groups is 1. The lowest BCUT2D eigenvalue weighted by atomic mass is 10.2. The summed E-state index contributed by atoms with van der Waals surface area (Å²) in [5, 5.41) is 12.1. The first-order chi connectivity index (χ1) is 5.25. The van der Waals surface area contributed by atoms with E-state index in [1.54, 1.807) is 25.2 Å². The molecule has 0 saturated heterocycles. The minimum atomic E-state index is 0.215. The molecule has 1 aromatic rings. The molecule has 0 spiro atoms. The summed E-state index contributed by atoms with van der Waals surface area (Å²) in [7, 11) is 1.73. The summed E-state index contributed by atoms with van der Waals surface area (Å²) < 4.78 is 0. The Kier molecular flexibility index (Phi) is 2.44. The zero-order valence-corrected chi connectivity index (χ0v) is 6.98. The minimum absolute atomic E-state index is 0.215. The molecule has 0 fully saturated rings. The van der Waals surface area contributed by atoms with Crippen molar-refractivity contribution in [2.75, 3.05) is 7.05 Å². The quantitative estimate of drug-likeness (QED) is 0.618. The number of phenols is 1. The maximum absolute atomic E-state index is 9.28. The molecule has 0 bridgehead atoms. The number of hydrogen-bond acceptors (Lipinski definition) is 2. The van der Waals surface area contributed by atoms with Gasteiger partial charge in [0.05, 0.1) is 5.56 Å². The van der Waals surface area contributed by atoms with Crippen LogP contribution >= 0.6 is 12.2 Å². The molecule has 0 aliphatic carbocycles. The highest BCUT2D eigenvalue weighted by atomic mass is 32.1. The fraction of sp³-hybridized carbons (Fsp3) is 0.125. The third-order valence-corrected chi connectivity index (χ3v) is 1.80. The van der Waals surface area contributed by atoms with E-state index in [0.717, 1.165) is 0 Å². The topological polar surface area (TPSA) is 32.3 Å². The molecule has 1 aromatic carbocycles. The summed E-state index contributed by atoms with van der Waals surface area (Å²) in [4.78, 5) is 0.558. The first-order valence-electron chi connectivity index (χ1n) is 3.26. The average molecular weight is 167 g/mol. The van der Waals surface area contributed by atoms with E-state index in [2.05, 4.69) is 5.32 Å². The molecule has 0 radical (unpaired) electrons. The highest BCUT2D eigenvalue weighted by Gasteiger charge is 2.02. The first-order valence-corrected chi connectivity index (χ1v) is 3.66. The van der Waals surface area contributed by atoms with Crippen LogP contribution in [0.3, 0.4) is 0 Å². The van der Waals surface area contributed by atoms with Crippen molar-refractivity contribution in [3.05, 3.63) is 29.8 Å². The average Bonchev–Trinajstić information content (AvgIpc) is 2.04. The lowest BCUT2D eigenvalue weighted by Gasteiger charge is -2.03. The summed E-state index contributed by atoms with van der Waals surface area (Å²) in [5.41, 5.74) is 0.671. The van der Waals surface area contributed by atoms with Crippen LogP contribution in [0.1, 0.15) is 5.56 Å². The van der Waals surface area contributed by atoms with E-state index in [-0.39, 0.29) is 5.75 Å². The summed E-state index contributed by atoms with van der Waals surface area (Å²) >= 11 is 4.94. The van der Waals surface area contributed by atoms with Gasteiger partial charge < -0.3 is 10.4 Å². The molecule has 0 aliphatic heterocycles. The fourth-order valence-electron chi connectivity index (χ4n) is 0.800. The Labute approximate surface area is 70.9 Å². The number of rotatable bonds is 1. The standard InChI is InChI=1S/C8H9NOS/c1-9-8(11)6-4-2-3-5-7(6)10/h2-5,10H,1H3,(H,9,11). The van der Waals surface area contributed by atoms with Crippen LogP contribution in [-0.4, -0.2) is 17.1 Å². The van der Waals surface area contributed by atoms with Gasteiger partial charge >= 0.3 is 0 Å². The van der Waals surface area contributed by atoms with Gasteiger partial charge in [-0.1, -0.05) is 24.4 Å². The van der Waals surface area contributed by atoms with Gasteiger partial charge in [-0.15, -0.1) is 0 Å². The Morgan fingerprint density at radius 3 is 2.64 bits per heavy atom. The summed E-state index contributed by atoms with van der Waals surface area (Å²) in [6, 6.07) is 6.98. The predicted molar refractivity (Wildman–Crippen MR) is 48.9 cm³/mol. The van der Waals surface area contributed by atoms with Gasteiger partial charge in [0.1, 0.15) is 10.7 Å². The molecule has 0 amide bonds. The molecule has 0 aromatic heterocycles. The van der Waals surface area contributed by atoms with E-state index < -0.39 is 0 Å². The normalized spacial score (nSPS) is 9.18. The Bertz CT molecular complexity index is 273. The summed E-state index contributed by atoms with van der Waals surface area (Å²) in [6.45, 7) is 0. The highest BCUT2D eigenvalue weighted by molar-refractivity contribution is 7.80. The zero-order chi connectivity index (χ0) is 8.27. The van der Waals surface area contributed by atoms with Gasteiger partial charge in [0.2, 0.25) is 0 Å². The van der Waals surface area contributed by atoms with E-state index in [0.29, 0.717) is 10.6 Å². The number of hydrogen-bond donors (Lipinski definition) is 2. The Morgan fingerprint density at radius 1 is 1.45 bits per heavy atom. The first kappa shape index (κ1) is 8.01. The molecule has 0 unspecified atom stereocenters. The second-order valence-corrected chi connectivity index (χ2v) is 2.50. The lowest BCUT2D eigenvalue weighted by Crippen LogP contribution is -2.16. The van der Waals surface area contributed by atoms with Crippen LogP contribution in [-0.2, 0) is 0 Å². The molecule has 0 aliphatic rings. The van der Waals surface area contributed by atoms with Crippen LogP contribution in [0.2, 0.25) is 0 Å². The van der Waals surface area contributed by atoms with Crippen LogP contribution in [0.15, 0.2) is 24.3 Å². The van der Waals surface area contributed by atoms with Crippen molar-refractivity contribution in [3.63, 3.8) is 0 Å². The largest absolute Gasteiger partial charge is 0.507 e. The maximum atomic E-state index is 9.28. The molecule has 0 saturated carbocycles. The van der Waals surface area contributed by atoms with Gasteiger partial charge in [-0.3, -0.25) is 0 Å². The highest BCUT2D eigenvalue weighted by Crippen LogP contribution is 2.15. The van der Waals surface area contributed by atoms with Crippen molar-refractivity contribution < 1.29 is 5.11 Å². The molecule has 11 heavy (non-hydrogen) atoms. The van der Waals surface area contributed by atoms with Gasteiger partial charge in [-0.25, -0.2) is 0 Å². The molecule has 2 nitrogen and oxygen atoms in total. The van der Waals surface area contributed by atoms with Crippen molar-refractivity contribution >= 4 is 17.2 Å². The third kappa shape index (κ3) is 1.68. The van der Waals surface area contributed by atoms with Crippen LogP contribution < -0.4 is 5.32 Å². The van der Waals surface area contributed by atoms with E-state index in [4.69, 9.17) is 12.2 Å². The van der Waals surface area contributed by atoms with Gasteiger partial charge in [-0.05, 0) is 12.1 Å². The molecule has 2 N–H and O–H groups in total. The minimum Gasteiger partial charge on any atom is -0.507 e. The Hall–Kier alpha value is -1.09. The fourth-order valence-corrected chi connectivity index (χ4v) is 0.973. The SMILES string of the molecule is CNC(=S)c1ccccc1O. The summed E-state index contributed by atoms with van der Waals surface area (Å²) in [6.07, 6.45) is 0. The summed E-state index contributed by atoms with van der Waals surface area (Å²) in [5.74, 6) is 0.215. The predicted octanol–water partition coefficient (Wildman–Crippen LogP) is 1.29. The van der Waals surface area contributed by atoms with E-state index >= 15 is 0 Å². The van der Waals surface area contributed by atoms with Crippen molar-refractivity contribution in [2.45, 2.75) is 0 Å². The molecule has 58 valence electrons. The van der Waals surface area contributed by atoms with Crippen LogP contribution in [0.5, 0.6) is 5.75 Å². The molecule has 0 atom stereocenters. The van der Waals surface area contributed by atoms with Gasteiger partial charge in [0, 0.05) is 7.05 Å². The third-order valence-electron chi connectivity index (χ3n) is 1.38. The number of benzene rings is 1. The second-order valence-electron chi connectivity index (χ2n) is 2.10. The van der Waals surface area contributed by atoms with Crippen LogP contribution in [0.25, 0.3) is 0 Å². The van der Waals surface area contributed by atoms with Crippen LogP contribution in [0.4, 0.5) is 0 Å². The van der Waals surface area contributed by atoms with Crippen molar-refractivity contribution in [3.8, 4) is 5.75 Å².